The van der Waals surface area contributed by atoms with Crippen molar-refractivity contribution in [2.45, 2.75) is 31.5 Å². The van der Waals surface area contributed by atoms with Crippen molar-refractivity contribution in [2.75, 3.05) is 6.61 Å². The van der Waals surface area contributed by atoms with Crippen molar-refractivity contribution in [3.63, 3.8) is 0 Å². The largest absolute Gasteiger partial charge is 0.475 e. The third kappa shape index (κ3) is 3.80. The highest BCUT2D eigenvalue weighted by molar-refractivity contribution is 7.48. The molecular formula is C16H16FN2O7P. The highest BCUT2D eigenvalue weighted by atomic mass is 31.2. The molecule has 27 heavy (non-hydrogen) atoms. The molecule has 3 heterocycles. The van der Waals surface area contributed by atoms with Gasteiger partial charge in [0.05, 0.1) is 19.4 Å². The second kappa shape index (κ2) is 7.14. The maximum atomic E-state index is 13.5. The number of hydrogen-bond donors (Lipinski definition) is 1. The first kappa shape index (κ1) is 18.3. The number of nitrogens with one attached hydrogen (secondary N) is 1. The van der Waals surface area contributed by atoms with Crippen LogP contribution in [0.1, 0.15) is 18.2 Å². The van der Waals surface area contributed by atoms with E-state index in [4.69, 9.17) is 18.3 Å². The van der Waals surface area contributed by atoms with Gasteiger partial charge in [0.25, 0.3) is 5.56 Å². The van der Waals surface area contributed by atoms with Gasteiger partial charge in [0.15, 0.2) is 0 Å². The number of aromatic nitrogens is 2. The zero-order valence-corrected chi connectivity index (χ0v) is 14.8. The molecule has 0 aliphatic carbocycles. The number of ether oxygens (including phenoxy) is 1. The number of hydrogen-bond acceptors (Lipinski definition) is 7. The lowest BCUT2D eigenvalue weighted by Gasteiger charge is -2.29. The number of benzene rings is 1. The van der Waals surface area contributed by atoms with Crippen LogP contribution in [0.15, 0.2) is 46.1 Å². The fourth-order valence-electron chi connectivity index (χ4n) is 2.96. The number of phosphoric ester groups is 1. The molecule has 1 aromatic heterocycles. The number of fused-ring (bicyclic) bond motifs is 1. The first-order valence-corrected chi connectivity index (χ1v) is 9.67. The minimum absolute atomic E-state index is 0.0460. The molecular weight excluding hydrogens is 382 g/mol. The number of H-pyrrole nitrogens is 1. The minimum Gasteiger partial charge on any atom is -0.349 e. The summed E-state index contributed by atoms with van der Waals surface area (Å²) in [6.07, 6.45) is -1.25. The summed E-state index contributed by atoms with van der Waals surface area (Å²) in [5.41, 5.74) is -1.11. The van der Waals surface area contributed by atoms with Gasteiger partial charge in [0, 0.05) is 6.42 Å². The fourth-order valence-corrected chi connectivity index (χ4v) is 4.35. The Labute approximate surface area is 152 Å². The Morgan fingerprint density at radius 3 is 2.81 bits per heavy atom. The van der Waals surface area contributed by atoms with Crippen molar-refractivity contribution >= 4 is 7.82 Å². The van der Waals surface area contributed by atoms with Crippen LogP contribution in [0.3, 0.4) is 0 Å². The molecule has 0 bridgehead atoms. The summed E-state index contributed by atoms with van der Waals surface area (Å²) in [6, 6.07) is 9.12. The van der Waals surface area contributed by atoms with Gasteiger partial charge in [0.2, 0.25) is 5.82 Å². The molecule has 0 saturated carbocycles. The summed E-state index contributed by atoms with van der Waals surface area (Å²) < 4.78 is 48.7. The van der Waals surface area contributed by atoms with Gasteiger partial charge in [0.1, 0.15) is 18.4 Å². The zero-order chi connectivity index (χ0) is 19.0. The first-order valence-electron chi connectivity index (χ1n) is 8.21. The summed E-state index contributed by atoms with van der Waals surface area (Å²) in [5.74, 6) is -1.11. The predicted molar refractivity (Wildman–Crippen MR) is 89.5 cm³/mol. The Balaban J connectivity index is 1.45. The lowest BCUT2D eigenvalue weighted by Crippen LogP contribution is -2.34. The lowest BCUT2D eigenvalue weighted by atomic mass is 10.2. The number of rotatable bonds is 4. The molecule has 4 atom stereocenters. The van der Waals surface area contributed by atoms with Crippen LogP contribution in [0.4, 0.5) is 4.39 Å². The quantitative estimate of drug-likeness (QED) is 0.781. The van der Waals surface area contributed by atoms with E-state index in [1.807, 2.05) is 35.3 Å². The molecule has 2 aliphatic heterocycles. The summed E-state index contributed by atoms with van der Waals surface area (Å²) >= 11 is 0. The maximum Gasteiger partial charge on any atom is 0.475 e. The molecule has 1 unspecified atom stereocenters. The third-order valence-corrected chi connectivity index (χ3v) is 5.75. The Morgan fingerprint density at radius 1 is 1.26 bits per heavy atom. The van der Waals surface area contributed by atoms with Gasteiger partial charge in [-0.25, -0.2) is 9.36 Å². The van der Waals surface area contributed by atoms with E-state index < -0.39 is 43.3 Å². The van der Waals surface area contributed by atoms with E-state index in [0.717, 1.165) is 16.3 Å². The average Bonchev–Trinajstić information content (AvgIpc) is 3.06. The van der Waals surface area contributed by atoms with Crippen molar-refractivity contribution in [2.24, 2.45) is 0 Å². The second-order valence-electron chi connectivity index (χ2n) is 6.15. The summed E-state index contributed by atoms with van der Waals surface area (Å²) in [6.45, 7) is -0.0157. The van der Waals surface area contributed by atoms with Gasteiger partial charge < -0.3 is 4.74 Å². The standard InChI is InChI=1S/C16H16FN2O7P/c17-11-7-19(16(21)18-15(11)20)14-6-12-13(25-14)9-24-27(22,26-12)23-8-10-4-2-1-3-5-10/h1-5,7,12-14H,6,8-9H2,(H,18,20,21)/t12-,13+,14+,27?/m0/s1. The predicted octanol–water partition coefficient (Wildman–Crippen LogP) is 1.70. The molecule has 144 valence electrons. The van der Waals surface area contributed by atoms with E-state index in [9.17, 15) is 18.5 Å². The number of aromatic amines is 1. The van der Waals surface area contributed by atoms with Gasteiger partial charge in [-0.15, -0.1) is 0 Å². The van der Waals surface area contributed by atoms with Crippen LogP contribution in [0.5, 0.6) is 0 Å². The van der Waals surface area contributed by atoms with Gasteiger partial charge in [-0.05, 0) is 5.56 Å². The van der Waals surface area contributed by atoms with E-state index in [1.165, 1.54) is 0 Å². The van der Waals surface area contributed by atoms with Crippen molar-refractivity contribution < 1.29 is 27.3 Å². The van der Waals surface area contributed by atoms with E-state index in [1.54, 1.807) is 0 Å². The highest BCUT2D eigenvalue weighted by Gasteiger charge is 2.48. The molecule has 1 N–H and O–H groups in total. The molecule has 11 heteroatoms. The highest BCUT2D eigenvalue weighted by Crippen LogP contribution is 2.57. The normalized spacial score (nSPS) is 30.2. The molecule has 0 spiro atoms. The second-order valence-corrected chi connectivity index (χ2v) is 7.78. The van der Waals surface area contributed by atoms with E-state index in [2.05, 4.69) is 0 Å². The Bertz CT molecular complexity index is 992. The Hall–Kier alpha value is -2.10. The molecule has 4 rings (SSSR count). The smallest absolute Gasteiger partial charge is 0.349 e. The molecule has 9 nitrogen and oxygen atoms in total. The maximum absolute atomic E-state index is 13.5. The lowest BCUT2D eigenvalue weighted by molar-refractivity contribution is -0.0731. The van der Waals surface area contributed by atoms with Gasteiger partial charge in [-0.1, -0.05) is 30.3 Å². The van der Waals surface area contributed by atoms with Crippen LogP contribution in [-0.2, 0) is 29.5 Å². The van der Waals surface area contributed by atoms with E-state index in [0.29, 0.717) is 0 Å². The monoisotopic (exact) mass is 398 g/mol. The molecule has 1 aromatic carbocycles. The van der Waals surface area contributed by atoms with Crippen LogP contribution in [0.2, 0.25) is 0 Å². The SMILES string of the molecule is O=c1[nH]c(=O)n([C@H]2C[C@@H]3OP(=O)(OCc4ccccc4)OC[C@H]3O2)cc1F. The molecule has 0 radical (unpaired) electrons. The van der Waals surface area contributed by atoms with Crippen molar-refractivity contribution in [1.82, 2.24) is 9.55 Å². The van der Waals surface area contributed by atoms with Gasteiger partial charge in [-0.2, -0.15) is 4.39 Å². The van der Waals surface area contributed by atoms with Crippen molar-refractivity contribution in [3.05, 3.63) is 68.7 Å². The minimum atomic E-state index is -3.80. The number of halogens is 1. The molecule has 2 saturated heterocycles. The molecule has 0 amide bonds. The summed E-state index contributed by atoms with van der Waals surface area (Å²) in [7, 11) is -3.80. The van der Waals surface area contributed by atoms with E-state index >= 15 is 0 Å². The van der Waals surface area contributed by atoms with Crippen LogP contribution >= 0.6 is 7.82 Å². The summed E-state index contributed by atoms with van der Waals surface area (Å²) in [5, 5.41) is 0. The third-order valence-electron chi connectivity index (χ3n) is 4.31. The molecule has 2 fully saturated rings. The Kier molecular flexibility index (Phi) is 4.83. The number of nitrogens with zero attached hydrogens (tertiary/aromatic N) is 1. The molecule has 2 aliphatic rings. The van der Waals surface area contributed by atoms with Crippen LogP contribution in [0, 0.1) is 5.82 Å². The van der Waals surface area contributed by atoms with Gasteiger partial charge >= 0.3 is 13.5 Å². The van der Waals surface area contributed by atoms with Crippen LogP contribution in [0.25, 0.3) is 0 Å². The fraction of sp³-hybridized carbons (Fsp3) is 0.375. The number of phosphoric acid groups is 1. The summed E-state index contributed by atoms with van der Waals surface area (Å²) in [4.78, 5) is 24.9. The Morgan fingerprint density at radius 2 is 2.04 bits per heavy atom. The first-order chi connectivity index (χ1) is 12.9. The van der Waals surface area contributed by atoms with Crippen molar-refractivity contribution in [3.8, 4) is 0 Å². The van der Waals surface area contributed by atoms with Crippen LogP contribution in [-0.4, -0.2) is 28.4 Å². The van der Waals surface area contributed by atoms with Gasteiger partial charge in [-0.3, -0.25) is 27.9 Å². The van der Waals surface area contributed by atoms with Crippen LogP contribution < -0.4 is 11.2 Å². The average molecular weight is 398 g/mol. The molecule has 2 aromatic rings. The van der Waals surface area contributed by atoms with E-state index in [-0.39, 0.29) is 19.6 Å². The topological polar surface area (TPSA) is 109 Å². The van der Waals surface area contributed by atoms with Crippen molar-refractivity contribution in [1.29, 1.82) is 0 Å². The zero-order valence-electron chi connectivity index (χ0n) is 13.9.